The van der Waals surface area contributed by atoms with Gasteiger partial charge >= 0.3 is 0 Å². The van der Waals surface area contributed by atoms with Crippen LogP contribution in [0.3, 0.4) is 0 Å². The molecule has 2 heterocycles. The summed E-state index contributed by atoms with van der Waals surface area (Å²) < 4.78 is 10.8. The topological polar surface area (TPSA) is 59.5 Å². The lowest BCUT2D eigenvalue weighted by molar-refractivity contribution is 0.0368. The SMILES string of the molecule is CCOc1cc(C)nc(NC(C)CN2CCOCC2)n1. The molecule has 1 aromatic rings. The molecule has 112 valence electrons. The Hall–Kier alpha value is -1.40. The maximum absolute atomic E-state index is 5.44. The standard InChI is InChI=1S/C14H24N4O2/c1-4-20-13-9-11(2)15-14(17-13)16-12(3)10-18-5-7-19-8-6-18/h9,12H,4-8,10H2,1-3H3,(H,15,16,17). The lowest BCUT2D eigenvalue weighted by Crippen LogP contribution is -2.42. The minimum absolute atomic E-state index is 0.282. The Morgan fingerprint density at radius 1 is 1.40 bits per heavy atom. The van der Waals surface area contributed by atoms with Gasteiger partial charge in [0.1, 0.15) is 0 Å². The average Bonchev–Trinajstić information content (AvgIpc) is 2.39. The van der Waals surface area contributed by atoms with E-state index in [1.54, 1.807) is 0 Å². The van der Waals surface area contributed by atoms with Crippen LogP contribution in [0.25, 0.3) is 0 Å². The second kappa shape index (κ2) is 7.40. The number of nitrogens with one attached hydrogen (secondary N) is 1. The lowest BCUT2D eigenvalue weighted by atomic mass is 10.3. The third kappa shape index (κ3) is 4.61. The number of anilines is 1. The molecule has 0 aromatic carbocycles. The van der Waals surface area contributed by atoms with Crippen molar-refractivity contribution in [2.75, 3.05) is 44.8 Å². The summed E-state index contributed by atoms with van der Waals surface area (Å²) in [5.74, 6) is 1.26. The van der Waals surface area contributed by atoms with Crippen LogP contribution in [0.15, 0.2) is 6.07 Å². The molecule has 6 heteroatoms. The summed E-state index contributed by atoms with van der Waals surface area (Å²) in [6.45, 7) is 11.2. The highest BCUT2D eigenvalue weighted by molar-refractivity contribution is 5.31. The van der Waals surface area contributed by atoms with E-state index in [2.05, 4.69) is 27.1 Å². The van der Waals surface area contributed by atoms with E-state index in [9.17, 15) is 0 Å². The maximum Gasteiger partial charge on any atom is 0.226 e. The third-order valence-corrected chi connectivity index (χ3v) is 3.13. The fraction of sp³-hybridized carbons (Fsp3) is 0.714. The summed E-state index contributed by atoms with van der Waals surface area (Å²) in [5, 5.41) is 3.34. The summed E-state index contributed by atoms with van der Waals surface area (Å²) >= 11 is 0. The Balaban J connectivity index is 1.90. The van der Waals surface area contributed by atoms with E-state index in [-0.39, 0.29) is 6.04 Å². The van der Waals surface area contributed by atoms with Crippen molar-refractivity contribution >= 4 is 5.95 Å². The van der Waals surface area contributed by atoms with Gasteiger partial charge in [-0.15, -0.1) is 0 Å². The highest BCUT2D eigenvalue weighted by Gasteiger charge is 2.14. The largest absolute Gasteiger partial charge is 0.478 e. The zero-order chi connectivity index (χ0) is 14.4. The van der Waals surface area contributed by atoms with Crippen molar-refractivity contribution in [3.05, 3.63) is 11.8 Å². The number of morpholine rings is 1. The third-order valence-electron chi connectivity index (χ3n) is 3.13. The minimum Gasteiger partial charge on any atom is -0.478 e. The maximum atomic E-state index is 5.44. The summed E-state index contributed by atoms with van der Waals surface area (Å²) in [7, 11) is 0. The van der Waals surface area contributed by atoms with E-state index in [0.29, 0.717) is 18.4 Å². The van der Waals surface area contributed by atoms with Crippen LogP contribution in [0.2, 0.25) is 0 Å². The van der Waals surface area contributed by atoms with Crippen LogP contribution in [0.4, 0.5) is 5.95 Å². The second-order valence-electron chi connectivity index (χ2n) is 5.06. The number of aromatic nitrogens is 2. The molecule has 1 aromatic heterocycles. The molecule has 0 amide bonds. The van der Waals surface area contributed by atoms with Crippen molar-refractivity contribution in [2.45, 2.75) is 26.8 Å². The van der Waals surface area contributed by atoms with Crippen molar-refractivity contribution in [1.82, 2.24) is 14.9 Å². The van der Waals surface area contributed by atoms with Crippen LogP contribution in [-0.4, -0.2) is 60.4 Å². The molecule has 0 spiro atoms. The molecule has 1 N–H and O–H groups in total. The van der Waals surface area contributed by atoms with Gasteiger partial charge in [0.15, 0.2) is 0 Å². The molecule has 1 unspecified atom stereocenters. The van der Waals surface area contributed by atoms with Crippen LogP contribution in [0, 0.1) is 6.92 Å². The number of ether oxygens (including phenoxy) is 2. The Bertz CT molecular complexity index is 422. The van der Waals surface area contributed by atoms with Gasteiger partial charge in [-0.25, -0.2) is 4.98 Å². The zero-order valence-corrected chi connectivity index (χ0v) is 12.6. The minimum atomic E-state index is 0.282. The van der Waals surface area contributed by atoms with Gasteiger partial charge in [-0.05, 0) is 20.8 Å². The summed E-state index contributed by atoms with van der Waals surface area (Å²) in [4.78, 5) is 11.2. The monoisotopic (exact) mass is 280 g/mol. The van der Waals surface area contributed by atoms with E-state index in [4.69, 9.17) is 9.47 Å². The molecule has 1 atom stereocenters. The van der Waals surface area contributed by atoms with Gasteiger partial charge in [0, 0.05) is 37.4 Å². The first-order valence-corrected chi connectivity index (χ1v) is 7.22. The van der Waals surface area contributed by atoms with Crippen molar-refractivity contribution < 1.29 is 9.47 Å². The molecule has 0 aliphatic carbocycles. The predicted octanol–water partition coefficient (Wildman–Crippen LogP) is 1.32. The Morgan fingerprint density at radius 3 is 2.85 bits per heavy atom. The summed E-state index contributed by atoms with van der Waals surface area (Å²) in [5.41, 5.74) is 0.907. The van der Waals surface area contributed by atoms with Gasteiger partial charge in [-0.3, -0.25) is 4.90 Å². The van der Waals surface area contributed by atoms with Gasteiger partial charge in [-0.1, -0.05) is 0 Å². The van der Waals surface area contributed by atoms with E-state index in [1.807, 2.05) is 19.9 Å². The van der Waals surface area contributed by atoms with E-state index < -0.39 is 0 Å². The fourth-order valence-corrected chi connectivity index (χ4v) is 2.26. The van der Waals surface area contributed by atoms with Crippen molar-refractivity contribution in [3.63, 3.8) is 0 Å². The van der Waals surface area contributed by atoms with Gasteiger partial charge < -0.3 is 14.8 Å². The molecular formula is C14H24N4O2. The molecule has 1 aliphatic heterocycles. The Labute approximate surface area is 120 Å². The van der Waals surface area contributed by atoms with Crippen LogP contribution >= 0.6 is 0 Å². The predicted molar refractivity (Wildman–Crippen MR) is 78.3 cm³/mol. The first-order chi connectivity index (χ1) is 9.67. The number of hydrogen-bond donors (Lipinski definition) is 1. The first kappa shape index (κ1) is 15.0. The smallest absolute Gasteiger partial charge is 0.226 e. The molecule has 1 saturated heterocycles. The number of rotatable bonds is 6. The van der Waals surface area contributed by atoms with Crippen LogP contribution < -0.4 is 10.1 Å². The number of nitrogens with zero attached hydrogens (tertiary/aromatic N) is 3. The quantitative estimate of drug-likeness (QED) is 0.848. The highest BCUT2D eigenvalue weighted by atomic mass is 16.5. The zero-order valence-electron chi connectivity index (χ0n) is 12.6. The molecule has 0 radical (unpaired) electrons. The van der Waals surface area contributed by atoms with Crippen molar-refractivity contribution in [1.29, 1.82) is 0 Å². The lowest BCUT2D eigenvalue weighted by Gasteiger charge is -2.29. The first-order valence-electron chi connectivity index (χ1n) is 7.22. The van der Waals surface area contributed by atoms with Crippen LogP contribution in [0.5, 0.6) is 5.88 Å². The van der Waals surface area contributed by atoms with E-state index >= 15 is 0 Å². The second-order valence-corrected chi connectivity index (χ2v) is 5.06. The Kier molecular flexibility index (Phi) is 5.55. The summed E-state index contributed by atoms with van der Waals surface area (Å²) in [6, 6.07) is 2.13. The molecule has 6 nitrogen and oxygen atoms in total. The highest BCUT2D eigenvalue weighted by Crippen LogP contribution is 2.13. The number of hydrogen-bond acceptors (Lipinski definition) is 6. The molecule has 0 bridgehead atoms. The molecule has 2 rings (SSSR count). The van der Waals surface area contributed by atoms with Gasteiger partial charge in [-0.2, -0.15) is 4.98 Å². The molecule has 1 aliphatic rings. The van der Waals surface area contributed by atoms with Crippen molar-refractivity contribution in [2.24, 2.45) is 0 Å². The van der Waals surface area contributed by atoms with Crippen LogP contribution in [-0.2, 0) is 4.74 Å². The van der Waals surface area contributed by atoms with Gasteiger partial charge in [0.05, 0.1) is 19.8 Å². The average molecular weight is 280 g/mol. The van der Waals surface area contributed by atoms with Gasteiger partial charge in [0.2, 0.25) is 11.8 Å². The Morgan fingerprint density at radius 2 is 2.15 bits per heavy atom. The molecular weight excluding hydrogens is 256 g/mol. The van der Waals surface area contributed by atoms with E-state index in [1.165, 1.54) is 0 Å². The molecule has 1 fully saturated rings. The molecule has 0 saturated carbocycles. The normalized spacial score (nSPS) is 17.8. The van der Waals surface area contributed by atoms with E-state index in [0.717, 1.165) is 38.5 Å². The number of aryl methyl sites for hydroxylation is 1. The van der Waals surface area contributed by atoms with Crippen molar-refractivity contribution in [3.8, 4) is 5.88 Å². The van der Waals surface area contributed by atoms with Crippen LogP contribution in [0.1, 0.15) is 19.5 Å². The fourth-order valence-electron chi connectivity index (χ4n) is 2.26. The van der Waals surface area contributed by atoms with Gasteiger partial charge in [0.25, 0.3) is 0 Å². The molecule has 20 heavy (non-hydrogen) atoms. The summed E-state index contributed by atoms with van der Waals surface area (Å²) in [6.07, 6.45) is 0.